The van der Waals surface area contributed by atoms with Crippen LogP contribution in [0.1, 0.15) is 59.6 Å². The lowest BCUT2D eigenvalue weighted by atomic mass is 10.0. The number of carbonyl (C=O) groups is 1. The van der Waals surface area contributed by atoms with Gasteiger partial charge in [0.15, 0.2) is 6.29 Å². The molecule has 2 aromatic rings. The van der Waals surface area contributed by atoms with Gasteiger partial charge in [0, 0.05) is 10.6 Å². The van der Waals surface area contributed by atoms with Gasteiger partial charge in [0.05, 0.1) is 4.88 Å². The van der Waals surface area contributed by atoms with E-state index in [9.17, 15) is 4.79 Å². The van der Waals surface area contributed by atoms with Gasteiger partial charge < -0.3 is 5.73 Å². The highest BCUT2D eigenvalue weighted by molar-refractivity contribution is 7.13. The third-order valence-corrected chi connectivity index (χ3v) is 4.22. The van der Waals surface area contributed by atoms with E-state index in [0.29, 0.717) is 11.8 Å². The highest BCUT2D eigenvalue weighted by Gasteiger charge is 2.01. The normalized spacial score (nSPS) is 10.3. The number of nitrogens with two attached hydrogens (primary N) is 1. The molecule has 0 atom stereocenters. The minimum Gasteiger partial charge on any atom is -0.399 e. The molecule has 0 saturated carbocycles. The number of benzene rings is 1. The molecule has 0 saturated heterocycles. The van der Waals surface area contributed by atoms with Crippen LogP contribution in [0.5, 0.6) is 0 Å². The predicted octanol–water partition coefficient (Wildman–Crippen LogP) is 5.08. The molecule has 0 aliphatic rings. The van der Waals surface area contributed by atoms with Crippen molar-refractivity contribution in [1.29, 1.82) is 0 Å². The van der Waals surface area contributed by atoms with E-state index in [1.165, 1.54) is 10.4 Å². The van der Waals surface area contributed by atoms with E-state index in [2.05, 4.69) is 33.8 Å². The number of hydrogen-bond donors (Lipinski definition) is 1. The van der Waals surface area contributed by atoms with Crippen LogP contribution in [-0.4, -0.2) is 6.29 Å². The summed E-state index contributed by atoms with van der Waals surface area (Å²) in [6, 6.07) is 11.9. The van der Waals surface area contributed by atoms with E-state index in [1.54, 1.807) is 11.3 Å². The third kappa shape index (κ3) is 5.17. The summed E-state index contributed by atoms with van der Waals surface area (Å²) in [6.07, 6.45) is 0.899. The zero-order valence-electron chi connectivity index (χ0n) is 12.6. The number of nitrogen functional groups attached to an aromatic ring is 1. The molecule has 0 fully saturated rings. The first-order chi connectivity index (χ1) is 9.43. The van der Waals surface area contributed by atoms with Crippen LogP contribution in [0, 0.1) is 0 Å². The summed E-state index contributed by atoms with van der Waals surface area (Å²) in [5.41, 5.74) is 7.75. The second kappa shape index (κ2) is 7.85. The van der Waals surface area contributed by atoms with Gasteiger partial charge in [-0.25, -0.2) is 0 Å². The summed E-state index contributed by atoms with van der Waals surface area (Å²) in [6.45, 7) is 8.57. The van der Waals surface area contributed by atoms with E-state index in [1.807, 2.05) is 30.3 Å². The smallest absolute Gasteiger partial charge is 0.160 e. The predicted molar refractivity (Wildman–Crippen MR) is 88.7 cm³/mol. The van der Waals surface area contributed by atoms with Gasteiger partial charge in [-0.1, -0.05) is 39.8 Å². The Morgan fingerprint density at radius 1 is 1.05 bits per heavy atom. The monoisotopic (exact) mass is 289 g/mol. The Morgan fingerprint density at radius 2 is 1.75 bits per heavy atom. The van der Waals surface area contributed by atoms with Gasteiger partial charge in [0.2, 0.25) is 0 Å². The summed E-state index contributed by atoms with van der Waals surface area (Å²) in [5, 5.41) is 0. The number of anilines is 1. The van der Waals surface area contributed by atoms with Gasteiger partial charge in [0.1, 0.15) is 0 Å². The van der Waals surface area contributed by atoms with Crippen LogP contribution < -0.4 is 5.73 Å². The highest BCUT2D eigenvalue weighted by Crippen LogP contribution is 2.22. The third-order valence-electron chi connectivity index (χ3n) is 2.91. The zero-order chi connectivity index (χ0) is 15.1. The number of hydrogen-bond acceptors (Lipinski definition) is 3. The minimum atomic E-state index is 0.540. The maximum atomic E-state index is 10.3. The Bertz CT molecular complexity index is 543. The van der Waals surface area contributed by atoms with E-state index < -0.39 is 0 Å². The molecule has 0 aliphatic carbocycles. The van der Waals surface area contributed by atoms with Crippen LogP contribution in [0.2, 0.25) is 0 Å². The van der Waals surface area contributed by atoms with Crippen LogP contribution in [-0.2, 0) is 0 Å². The molecule has 20 heavy (non-hydrogen) atoms. The Balaban J connectivity index is 0.000000200. The van der Waals surface area contributed by atoms with Gasteiger partial charge in [0.25, 0.3) is 0 Å². The quantitative estimate of drug-likeness (QED) is 0.632. The molecular weight excluding hydrogens is 266 g/mol. The fraction of sp³-hybridized carbons (Fsp3) is 0.353. The van der Waals surface area contributed by atoms with E-state index in [4.69, 9.17) is 5.73 Å². The largest absolute Gasteiger partial charge is 0.399 e. The van der Waals surface area contributed by atoms with Crippen molar-refractivity contribution in [1.82, 2.24) is 0 Å². The fourth-order valence-electron chi connectivity index (χ4n) is 1.66. The minimum absolute atomic E-state index is 0.540. The highest BCUT2D eigenvalue weighted by atomic mass is 32.1. The molecule has 1 aromatic heterocycles. The molecule has 3 heteroatoms. The molecule has 1 heterocycles. The summed E-state index contributed by atoms with van der Waals surface area (Å²) >= 11 is 1.57. The molecule has 0 bridgehead atoms. The van der Waals surface area contributed by atoms with Crippen molar-refractivity contribution in [2.45, 2.75) is 39.5 Å². The fourth-order valence-corrected chi connectivity index (χ4v) is 2.49. The first-order valence-electron chi connectivity index (χ1n) is 6.84. The second-order valence-electron chi connectivity index (χ2n) is 5.34. The Labute approximate surface area is 125 Å². The van der Waals surface area contributed by atoms with Crippen molar-refractivity contribution < 1.29 is 4.79 Å². The van der Waals surface area contributed by atoms with Crippen LogP contribution in [0.25, 0.3) is 0 Å². The maximum Gasteiger partial charge on any atom is 0.160 e. The van der Waals surface area contributed by atoms with Gasteiger partial charge >= 0.3 is 0 Å². The lowest BCUT2D eigenvalue weighted by molar-refractivity contribution is 0.112. The number of rotatable bonds is 3. The van der Waals surface area contributed by atoms with Crippen molar-refractivity contribution in [2.24, 2.45) is 0 Å². The lowest BCUT2D eigenvalue weighted by Gasteiger charge is -2.04. The molecule has 0 aliphatic heterocycles. The van der Waals surface area contributed by atoms with Gasteiger partial charge in [-0.05, 0) is 41.7 Å². The summed E-state index contributed by atoms with van der Waals surface area (Å²) in [5.74, 6) is 1.11. The van der Waals surface area contributed by atoms with Crippen molar-refractivity contribution in [3.8, 4) is 0 Å². The van der Waals surface area contributed by atoms with Gasteiger partial charge in [-0.15, -0.1) is 11.3 Å². The van der Waals surface area contributed by atoms with Gasteiger partial charge in [-0.2, -0.15) is 0 Å². The second-order valence-corrected chi connectivity index (χ2v) is 6.48. The molecule has 0 amide bonds. The Kier molecular flexibility index (Phi) is 6.46. The Hall–Kier alpha value is -1.61. The first kappa shape index (κ1) is 16.4. The first-order valence-corrected chi connectivity index (χ1v) is 7.66. The molecule has 0 radical (unpaired) electrons. The van der Waals surface area contributed by atoms with Gasteiger partial charge in [-0.3, -0.25) is 4.79 Å². The lowest BCUT2D eigenvalue weighted by Crippen LogP contribution is -1.89. The number of aldehydes is 1. The zero-order valence-corrected chi connectivity index (χ0v) is 13.4. The molecule has 1 aromatic carbocycles. The molecule has 2 N–H and O–H groups in total. The van der Waals surface area contributed by atoms with Crippen LogP contribution in [0.15, 0.2) is 36.4 Å². The van der Waals surface area contributed by atoms with Crippen molar-refractivity contribution in [2.75, 3.05) is 5.73 Å². The van der Waals surface area contributed by atoms with Crippen LogP contribution >= 0.6 is 11.3 Å². The van der Waals surface area contributed by atoms with Crippen LogP contribution in [0.3, 0.4) is 0 Å². The molecular formula is C17H23NOS. The number of carbonyl (C=O) groups excluding carboxylic acids is 1. The van der Waals surface area contributed by atoms with Crippen molar-refractivity contribution >= 4 is 23.3 Å². The van der Waals surface area contributed by atoms with E-state index >= 15 is 0 Å². The van der Waals surface area contributed by atoms with E-state index in [-0.39, 0.29) is 0 Å². The van der Waals surface area contributed by atoms with Crippen molar-refractivity contribution in [3.63, 3.8) is 0 Å². The molecule has 0 unspecified atom stereocenters. The summed E-state index contributed by atoms with van der Waals surface area (Å²) in [7, 11) is 0. The Morgan fingerprint density at radius 3 is 2.10 bits per heavy atom. The molecule has 2 nitrogen and oxygen atoms in total. The average molecular weight is 289 g/mol. The molecule has 2 rings (SSSR count). The molecule has 108 valence electrons. The number of thiophene rings is 1. The maximum absolute atomic E-state index is 10.3. The van der Waals surface area contributed by atoms with Crippen molar-refractivity contribution in [3.05, 3.63) is 51.7 Å². The van der Waals surface area contributed by atoms with Crippen LogP contribution in [0.4, 0.5) is 5.69 Å². The standard InChI is InChI=1S/C9H13N.C8H10OS/c1-7(2)8-4-3-5-9(10)6-8;1-6(2)8-4-3-7(5-9)10-8/h3-7H,10H2,1-2H3;3-6H,1-2H3. The topological polar surface area (TPSA) is 43.1 Å². The van der Waals surface area contributed by atoms with E-state index in [0.717, 1.165) is 16.9 Å². The summed E-state index contributed by atoms with van der Waals surface area (Å²) < 4.78 is 0. The summed E-state index contributed by atoms with van der Waals surface area (Å²) in [4.78, 5) is 12.4. The average Bonchev–Trinajstić information content (AvgIpc) is 2.88. The molecule has 0 spiro atoms. The SMILES string of the molecule is CC(C)c1ccc(C=O)s1.CC(C)c1cccc(N)c1.